The quantitative estimate of drug-likeness (QED) is 0.431. The highest BCUT2D eigenvalue weighted by atomic mass is 127. The van der Waals surface area contributed by atoms with Crippen LogP contribution in [-0.4, -0.2) is 30.9 Å². The second kappa shape index (κ2) is 5.27. The van der Waals surface area contributed by atoms with Gasteiger partial charge in [0.1, 0.15) is 6.34 Å². The minimum Gasteiger partial charge on any atom is -0.286 e. The van der Waals surface area contributed by atoms with Crippen LogP contribution in [0, 0.1) is 0 Å². The van der Waals surface area contributed by atoms with Gasteiger partial charge in [-0.15, -0.1) is 0 Å². The third kappa shape index (κ3) is 3.18. The fraction of sp³-hybridized carbons (Fsp3) is 0.857. The molecule has 1 atom stereocenters. The number of halogens is 4. The van der Waals surface area contributed by atoms with Gasteiger partial charge < -0.3 is 0 Å². The van der Waals surface area contributed by atoms with Gasteiger partial charge in [0.25, 0.3) is 3.92 Å². The Labute approximate surface area is 112 Å². The van der Waals surface area contributed by atoms with Crippen LogP contribution in [0.1, 0.15) is 19.8 Å². The molecule has 14 heavy (non-hydrogen) atoms. The lowest BCUT2D eigenvalue weighted by Crippen LogP contribution is -2.42. The highest BCUT2D eigenvalue weighted by Crippen LogP contribution is 2.36. The standard InChI is InChI=1S/C7H11Cl3IN3/c1-2-3-4-14-6(11)13(5-12-14)7(8,9)10/h5-6H,2-4H2,1H3. The van der Waals surface area contributed by atoms with Crippen LogP contribution in [0.15, 0.2) is 5.10 Å². The molecule has 0 aliphatic carbocycles. The highest BCUT2D eigenvalue weighted by molar-refractivity contribution is 14.1. The average molecular weight is 370 g/mol. The van der Waals surface area contributed by atoms with Crippen LogP contribution in [0.4, 0.5) is 0 Å². The SMILES string of the molecule is CCCCN1N=CN(C(Cl)(Cl)Cl)C1I. The number of nitrogens with zero attached hydrogens (tertiary/aromatic N) is 3. The third-order valence-corrected chi connectivity index (χ3v) is 3.66. The van der Waals surface area contributed by atoms with Gasteiger partial charge in [0.15, 0.2) is 4.17 Å². The Balaban J connectivity index is 2.52. The maximum atomic E-state index is 5.77. The van der Waals surface area contributed by atoms with E-state index in [9.17, 15) is 0 Å². The molecule has 1 aliphatic rings. The monoisotopic (exact) mass is 369 g/mol. The Morgan fingerprint density at radius 2 is 2.14 bits per heavy atom. The van der Waals surface area contributed by atoms with Crippen LogP contribution < -0.4 is 0 Å². The van der Waals surface area contributed by atoms with Gasteiger partial charge in [0.2, 0.25) is 0 Å². The lowest BCUT2D eigenvalue weighted by molar-refractivity contribution is 0.215. The molecule has 0 N–H and O–H groups in total. The molecular weight excluding hydrogens is 359 g/mol. The topological polar surface area (TPSA) is 18.8 Å². The first kappa shape index (κ1) is 12.9. The first-order valence-corrected chi connectivity index (χ1v) is 6.64. The molecule has 0 radical (unpaired) electrons. The lowest BCUT2D eigenvalue weighted by atomic mass is 10.3. The number of hydrogen-bond donors (Lipinski definition) is 0. The summed E-state index contributed by atoms with van der Waals surface area (Å²) in [7, 11) is 0. The number of alkyl halides is 4. The number of rotatable bonds is 3. The van der Waals surface area contributed by atoms with E-state index in [4.69, 9.17) is 34.8 Å². The predicted molar refractivity (Wildman–Crippen MR) is 70.0 cm³/mol. The molecule has 0 aromatic carbocycles. The van der Waals surface area contributed by atoms with E-state index in [0.717, 1.165) is 19.4 Å². The van der Waals surface area contributed by atoms with E-state index in [-0.39, 0.29) is 4.17 Å². The van der Waals surface area contributed by atoms with Crippen molar-refractivity contribution in [1.82, 2.24) is 9.91 Å². The largest absolute Gasteiger partial charge is 0.286 e. The van der Waals surface area contributed by atoms with E-state index in [1.807, 2.05) is 5.01 Å². The Bertz CT molecular complexity index is 219. The Morgan fingerprint density at radius 1 is 1.50 bits per heavy atom. The van der Waals surface area contributed by atoms with Crippen LogP contribution in [0.3, 0.4) is 0 Å². The first-order chi connectivity index (χ1) is 6.46. The summed E-state index contributed by atoms with van der Waals surface area (Å²) in [5.74, 6) is 0. The van der Waals surface area contributed by atoms with Crippen molar-refractivity contribution in [2.75, 3.05) is 6.54 Å². The molecular formula is C7H11Cl3IN3. The zero-order valence-corrected chi connectivity index (χ0v) is 12.1. The first-order valence-electron chi connectivity index (χ1n) is 4.26. The molecule has 7 heteroatoms. The summed E-state index contributed by atoms with van der Waals surface area (Å²) in [6, 6.07) is 0. The molecule has 3 nitrogen and oxygen atoms in total. The molecule has 0 saturated heterocycles. The maximum absolute atomic E-state index is 5.77. The van der Waals surface area contributed by atoms with Gasteiger partial charge >= 0.3 is 0 Å². The second-order valence-corrected chi connectivity index (χ2v) is 6.27. The van der Waals surface area contributed by atoms with Gasteiger partial charge in [-0.1, -0.05) is 48.1 Å². The van der Waals surface area contributed by atoms with Crippen molar-refractivity contribution >= 4 is 63.7 Å². The smallest absolute Gasteiger partial charge is 0.271 e. The summed E-state index contributed by atoms with van der Waals surface area (Å²) >= 11 is 19.5. The number of hydrogen-bond acceptors (Lipinski definition) is 3. The minimum absolute atomic E-state index is 0.0216. The number of unbranched alkanes of at least 4 members (excludes halogenated alkanes) is 1. The van der Waals surface area contributed by atoms with E-state index in [1.165, 1.54) is 0 Å². The summed E-state index contributed by atoms with van der Waals surface area (Å²) in [5, 5.41) is 6.08. The molecule has 0 fully saturated rings. The van der Waals surface area contributed by atoms with Crippen molar-refractivity contribution in [1.29, 1.82) is 0 Å². The fourth-order valence-electron chi connectivity index (χ4n) is 1.05. The van der Waals surface area contributed by atoms with Crippen LogP contribution in [-0.2, 0) is 0 Å². The summed E-state index contributed by atoms with van der Waals surface area (Å²) in [6.45, 7) is 3.02. The van der Waals surface area contributed by atoms with Crippen LogP contribution in [0.5, 0.6) is 0 Å². The van der Waals surface area contributed by atoms with E-state index in [0.29, 0.717) is 0 Å². The van der Waals surface area contributed by atoms with E-state index in [1.54, 1.807) is 11.2 Å². The molecule has 1 unspecified atom stereocenters. The van der Waals surface area contributed by atoms with Crippen LogP contribution >= 0.6 is 57.4 Å². The lowest BCUT2D eigenvalue weighted by Gasteiger charge is -2.30. The molecule has 0 amide bonds. The maximum Gasteiger partial charge on any atom is 0.271 e. The molecule has 0 saturated carbocycles. The van der Waals surface area contributed by atoms with Crippen molar-refractivity contribution in [2.24, 2.45) is 5.10 Å². The second-order valence-electron chi connectivity index (χ2n) is 2.93. The fourth-order valence-corrected chi connectivity index (χ4v) is 2.93. The van der Waals surface area contributed by atoms with Gasteiger partial charge in [-0.2, -0.15) is 5.10 Å². The number of hydrazone groups is 1. The van der Waals surface area contributed by atoms with Crippen molar-refractivity contribution in [3.8, 4) is 0 Å². The van der Waals surface area contributed by atoms with Gasteiger partial charge in [-0.05, 0) is 29.0 Å². The molecule has 0 aromatic heterocycles. The van der Waals surface area contributed by atoms with Gasteiger partial charge in [0, 0.05) is 6.54 Å². The van der Waals surface area contributed by atoms with Crippen molar-refractivity contribution in [2.45, 2.75) is 27.9 Å². The van der Waals surface area contributed by atoms with E-state index < -0.39 is 3.92 Å². The average Bonchev–Trinajstić information content (AvgIpc) is 2.42. The summed E-state index contributed by atoms with van der Waals surface area (Å²) in [5.41, 5.74) is 0. The molecule has 82 valence electrons. The van der Waals surface area contributed by atoms with Gasteiger partial charge in [-0.3, -0.25) is 9.91 Å². The van der Waals surface area contributed by atoms with E-state index >= 15 is 0 Å². The van der Waals surface area contributed by atoms with E-state index in [2.05, 4.69) is 34.6 Å². The molecule has 0 spiro atoms. The molecule has 1 aliphatic heterocycles. The summed E-state index contributed by atoms with van der Waals surface area (Å²) in [4.78, 5) is 1.59. The van der Waals surface area contributed by atoms with Crippen LogP contribution in [0.2, 0.25) is 0 Å². The van der Waals surface area contributed by atoms with Gasteiger partial charge in [-0.25, -0.2) is 0 Å². The highest BCUT2D eigenvalue weighted by Gasteiger charge is 2.38. The Hall–Kier alpha value is 0.870. The Kier molecular flexibility index (Phi) is 4.87. The zero-order valence-electron chi connectivity index (χ0n) is 7.63. The Morgan fingerprint density at radius 3 is 2.57 bits per heavy atom. The predicted octanol–water partition coefficient (Wildman–Crippen LogP) is 3.39. The minimum atomic E-state index is -1.42. The normalized spacial score (nSPS) is 22.2. The molecule has 0 bridgehead atoms. The van der Waals surface area contributed by atoms with Crippen molar-refractivity contribution in [3.05, 3.63) is 0 Å². The summed E-state index contributed by atoms with van der Waals surface area (Å²) in [6.07, 6.45) is 3.79. The van der Waals surface area contributed by atoms with Crippen LogP contribution in [0.25, 0.3) is 0 Å². The molecule has 1 heterocycles. The molecule has 0 aromatic rings. The summed E-state index contributed by atoms with van der Waals surface area (Å²) < 4.78 is -1.44. The molecule has 1 rings (SSSR count). The zero-order chi connectivity index (χ0) is 10.8. The van der Waals surface area contributed by atoms with Gasteiger partial charge in [0.05, 0.1) is 0 Å². The van der Waals surface area contributed by atoms with Crippen molar-refractivity contribution < 1.29 is 0 Å². The third-order valence-electron chi connectivity index (χ3n) is 1.83. The van der Waals surface area contributed by atoms with Crippen molar-refractivity contribution in [3.63, 3.8) is 0 Å².